The Hall–Kier alpha value is -1.06. The zero-order valence-electron chi connectivity index (χ0n) is 11.9. The first-order valence-electron chi connectivity index (χ1n) is 7.53. The van der Waals surface area contributed by atoms with Crippen LogP contribution in [0.1, 0.15) is 52.4 Å². The molecule has 0 aromatic heterocycles. The van der Waals surface area contributed by atoms with Crippen molar-refractivity contribution in [2.75, 3.05) is 6.54 Å². The van der Waals surface area contributed by atoms with Gasteiger partial charge in [-0.25, -0.2) is 0 Å². The van der Waals surface area contributed by atoms with Crippen molar-refractivity contribution >= 4 is 11.9 Å². The van der Waals surface area contributed by atoms with Gasteiger partial charge < -0.3 is 10.4 Å². The van der Waals surface area contributed by atoms with E-state index in [4.69, 9.17) is 0 Å². The molecule has 4 nitrogen and oxygen atoms in total. The van der Waals surface area contributed by atoms with Gasteiger partial charge >= 0.3 is 5.97 Å². The molecule has 0 aromatic rings. The summed E-state index contributed by atoms with van der Waals surface area (Å²) in [7, 11) is 0. The first kappa shape index (κ1) is 14.4. The van der Waals surface area contributed by atoms with E-state index in [1.165, 1.54) is 19.3 Å². The Labute approximate surface area is 115 Å². The van der Waals surface area contributed by atoms with Crippen molar-refractivity contribution in [2.24, 2.45) is 23.2 Å². The number of carbonyl (C=O) groups excluding carboxylic acids is 1. The fourth-order valence-electron chi connectivity index (χ4n) is 3.83. The molecule has 2 aliphatic carbocycles. The Bertz CT molecular complexity index is 362. The van der Waals surface area contributed by atoms with E-state index in [-0.39, 0.29) is 18.4 Å². The first-order chi connectivity index (χ1) is 9.02. The molecule has 0 radical (unpaired) electrons. The summed E-state index contributed by atoms with van der Waals surface area (Å²) in [6.07, 6.45) is 5.76. The summed E-state index contributed by atoms with van der Waals surface area (Å²) in [5, 5.41) is 12.3. The molecule has 1 amide bonds. The molecule has 3 unspecified atom stereocenters. The lowest BCUT2D eigenvalue weighted by atomic mass is 9.81. The fourth-order valence-corrected chi connectivity index (χ4v) is 3.83. The van der Waals surface area contributed by atoms with Crippen molar-refractivity contribution in [1.82, 2.24) is 5.32 Å². The predicted molar refractivity (Wildman–Crippen MR) is 72.6 cm³/mol. The number of carboxylic acids is 1. The molecular formula is C15H25NO3. The van der Waals surface area contributed by atoms with Crippen molar-refractivity contribution in [3.63, 3.8) is 0 Å². The molecule has 2 N–H and O–H groups in total. The van der Waals surface area contributed by atoms with Gasteiger partial charge in [-0.2, -0.15) is 0 Å². The van der Waals surface area contributed by atoms with Crippen LogP contribution >= 0.6 is 0 Å². The van der Waals surface area contributed by atoms with Gasteiger partial charge in [0.15, 0.2) is 0 Å². The second-order valence-electron chi connectivity index (χ2n) is 6.29. The second kappa shape index (κ2) is 5.51. The normalized spacial score (nSPS) is 29.5. The summed E-state index contributed by atoms with van der Waals surface area (Å²) in [5.41, 5.74) is -0.798. The van der Waals surface area contributed by atoms with Crippen LogP contribution in [0.5, 0.6) is 0 Å². The topological polar surface area (TPSA) is 66.4 Å². The van der Waals surface area contributed by atoms with Gasteiger partial charge in [-0.15, -0.1) is 0 Å². The highest BCUT2D eigenvalue weighted by Gasteiger charge is 2.44. The number of aliphatic carboxylic acids is 1. The van der Waals surface area contributed by atoms with Crippen LogP contribution in [-0.2, 0) is 9.59 Å². The number of fused-ring (bicyclic) bond motifs is 2. The standard InChI is InChI=1S/C15H25NO3/c1-3-15(4-2,14(18)19)9-16-13(17)12-8-10-5-6-11(12)7-10/h10-12H,3-9H2,1-2H3,(H,16,17)(H,18,19). The molecule has 2 fully saturated rings. The number of hydrogen-bond acceptors (Lipinski definition) is 2. The van der Waals surface area contributed by atoms with Gasteiger partial charge in [-0.3, -0.25) is 9.59 Å². The van der Waals surface area contributed by atoms with Crippen LogP contribution in [0.25, 0.3) is 0 Å². The van der Waals surface area contributed by atoms with Gasteiger partial charge in [0.1, 0.15) is 0 Å². The van der Waals surface area contributed by atoms with E-state index in [1.54, 1.807) is 0 Å². The minimum atomic E-state index is -0.800. The maximum atomic E-state index is 12.2. The monoisotopic (exact) mass is 267 g/mol. The molecule has 108 valence electrons. The summed E-state index contributed by atoms with van der Waals surface area (Å²) in [5.74, 6) is 0.708. The van der Waals surface area contributed by atoms with Crippen molar-refractivity contribution in [1.29, 1.82) is 0 Å². The van der Waals surface area contributed by atoms with Crippen LogP contribution in [0, 0.1) is 23.2 Å². The Morgan fingerprint density at radius 1 is 1.21 bits per heavy atom. The molecule has 2 saturated carbocycles. The van der Waals surface area contributed by atoms with E-state index < -0.39 is 11.4 Å². The van der Waals surface area contributed by atoms with E-state index in [9.17, 15) is 14.7 Å². The van der Waals surface area contributed by atoms with Crippen molar-refractivity contribution < 1.29 is 14.7 Å². The van der Waals surface area contributed by atoms with Gasteiger partial charge in [0.25, 0.3) is 0 Å². The molecule has 0 saturated heterocycles. The van der Waals surface area contributed by atoms with Crippen molar-refractivity contribution in [3.05, 3.63) is 0 Å². The Morgan fingerprint density at radius 2 is 1.89 bits per heavy atom. The Kier molecular flexibility index (Phi) is 4.16. The number of carboxylic acid groups (broad SMARTS) is 1. The van der Waals surface area contributed by atoms with Crippen molar-refractivity contribution in [2.45, 2.75) is 52.4 Å². The molecule has 4 heteroatoms. The average Bonchev–Trinajstić information content (AvgIpc) is 3.02. The largest absolute Gasteiger partial charge is 0.481 e. The number of hydrogen-bond donors (Lipinski definition) is 2. The Morgan fingerprint density at radius 3 is 2.32 bits per heavy atom. The van der Waals surface area contributed by atoms with Gasteiger partial charge in [-0.1, -0.05) is 20.3 Å². The average molecular weight is 267 g/mol. The zero-order valence-corrected chi connectivity index (χ0v) is 11.9. The zero-order chi connectivity index (χ0) is 14.0. The smallest absolute Gasteiger partial charge is 0.311 e. The van der Waals surface area contributed by atoms with Gasteiger partial charge in [0.05, 0.1) is 5.41 Å². The fraction of sp³-hybridized carbons (Fsp3) is 0.867. The second-order valence-corrected chi connectivity index (χ2v) is 6.29. The number of amides is 1. The van der Waals surface area contributed by atoms with E-state index in [1.807, 2.05) is 13.8 Å². The highest BCUT2D eigenvalue weighted by Crippen LogP contribution is 2.48. The van der Waals surface area contributed by atoms with Gasteiger partial charge in [-0.05, 0) is 43.9 Å². The SMILES string of the molecule is CCC(CC)(CNC(=O)C1CC2CCC1C2)C(=O)O. The third-order valence-electron chi connectivity index (χ3n) is 5.48. The number of carbonyl (C=O) groups is 2. The summed E-state index contributed by atoms with van der Waals surface area (Å²) in [6, 6.07) is 0. The lowest BCUT2D eigenvalue weighted by molar-refractivity contribution is -0.149. The minimum Gasteiger partial charge on any atom is -0.481 e. The summed E-state index contributed by atoms with van der Waals surface area (Å²) in [4.78, 5) is 23.6. The third-order valence-corrected chi connectivity index (χ3v) is 5.48. The highest BCUT2D eigenvalue weighted by atomic mass is 16.4. The molecule has 19 heavy (non-hydrogen) atoms. The lowest BCUT2D eigenvalue weighted by Gasteiger charge is -2.28. The maximum Gasteiger partial charge on any atom is 0.311 e. The Balaban J connectivity index is 1.91. The molecule has 0 aliphatic heterocycles. The van der Waals surface area contributed by atoms with E-state index in [0.717, 1.165) is 12.3 Å². The molecule has 2 bridgehead atoms. The summed E-state index contributed by atoms with van der Waals surface area (Å²) in [6.45, 7) is 4.02. The van der Waals surface area contributed by atoms with Gasteiger partial charge in [0, 0.05) is 12.5 Å². The maximum absolute atomic E-state index is 12.2. The predicted octanol–water partition coefficient (Wildman–Crippen LogP) is 2.43. The first-order valence-corrected chi connectivity index (χ1v) is 7.53. The molecule has 0 heterocycles. The van der Waals surface area contributed by atoms with E-state index >= 15 is 0 Å². The number of rotatable bonds is 6. The lowest BCUT2D eigenvalue weighted by Crippen LogP contribution is -2.44. The van der Waals surface area contributed by atoms with Crippen LogP contribution < -0.4 is 5.32 Å². The van der Waals surface area contributed by atoms with Crippen LogP contribution in [0.2, 0.25) is 0 Å². The summed E-state index contributed by atoms with van der Waals surface area (Å²) < 4.78 is 0. The molecule has 0 aromatic carbocycles. The summed E-state index contributed by atoms with van der Waals surface area (Å²) >= 11 is 0. The van der Waals surface area contributed by atoms with E-state index in [2.05, 4.69) is 5.32 Å². The quantitative estimate of drug-likeness (QED) is 0.776. The number of nitrogens with one attached hydrogen (secondary N) is 1. The minimum absolute atomic E-state index is 0.0831. The van der Waals surface area contributed by atoms with Crippen LogP contribution in [-0.4, -0.2) is 23.5 Å². The molecule has 0 spiro atoms. The molecule has 2 rings (SSSR count). The molecule has 3 atom stereocenters. The molecule has 2 aliphatic rings. The van der Waals surface area contributed by atoms with Gasteiger partial charge in [0.2, 0.25) is 5.91 Å². The van der Waals surface area contributed by atoms with Crippen LogP contribution in [0.4, 0.5) is 0 Å². The third kappa shape index (κ3) is 2.63. The van der Waals surface area contributed by atoms with Crippen LogP contribution in [0.3, 0.4) is 0 Å². The molecular weight excluding hydrogens is 242 g/mol. The van der Waals surface area contributed by atoms with E-state index in [0.29, 0.717) is 18.8 Å². The van der Waals surface area contributed by atoms with Crippen LogP contribution in [0.15, 0.2) is 0 Å². The highest BCUT2D eigenvalue weighted by molar-refractivity contribution is 5.81. The van der Waals surface area contributed by atoms with Crippen molar-refractivity contribution in [3.8, 4) is 0 Å².